The van der Waals surface area contributed by atoms with Crippen molar-refractivity contribution in [2.75, 3.05) is 41.8 Å². The van der Waals surface area contributed by atoms with Gasteiger partial charge in [-0.2, -0.15) is 4.98 Å². The molecule has 2 fully saturated rings. The normalized spacial score (nSPS) is 24.2. The highest BCUT2D eigenvalue weighted by molar-refractivity contribution is 6.04. The Kier molecular flexibility index (Phi) is 6.66. The highest BCUT2D eigenvalue weighted by Gasteiger charge is 2.41. The summed E-state index contributed by atoms with van der Waals surface area (Å²) in [4.78, 5) is 29.0. The third kappa shape index (κ3) is 4.36. The van der Waals surface area contributed by atoms with Crippen molar-refractivity contribution in [1.82, 2.24) is 14.9 Å². The smallest absolute Gasteiger partial charge is 0.249 e. The molecule has 1 N–H and O–H groups in total. The molecule has 2 aliphatic heterocycles. The van der Waals surface area contributed by atoms with E-state index in [1.54, 1.807) is 4.90 Å². The van der Waals surface area contributed by atoms with E-state index in [9.17, 15) is 4.79 Å². The summed E-state index contributed by atoms with van der Waals surface area (Å²) in [6.07, 6.45) is 15.0. The molecule has 7 heteroatoms. The van der Waals surface area contributed by atoms with Crippen LogP contribution in [0.1, 0.15) is 58.8 Å². The van der Waals surface area contributed by atoms with Gasteiger partial charge in [-0.3, -0.25) is 9.69 Å². The van der Waals surface area contributed by atoms with E-state index in [1.165, 1.54) is 12.8 Å². The molecule has 4 rings (SSSR count). The lowest BCUT2D eigenvalue weighted by Gasteiger charge is -2.43. The third-order valence-corrected chi connectivity index (χ3v) is 7.42. The number of anilines is 3. The molecule has 3 aliphatic rings. The first-order chi connectivity index (χ1) is 15.0. The van der Waals surface area contributed by atoms with Gasteiger partial charge in [-0.25, -0.2) is 4.98 Å². The monoisotopic (exact) mass is 424 g/mol. The van der Waals surface area contributed by atoms with Gasteiger partial charge in [0, 0.05) is 19.1 Å². The number of rotatable bonds is 6. The lowest BCUT2D eigenvalue weighted by Crippen LogP contribution is -2.55. The first-order valence-corrected chi connectivity index (χ1v) is 11.9. The summed E-state index contributed by atoms with van der Waals surface area (Å²) < 4.78 is 0. The second-order valence-corrected chi connectivity index (χ2v) is 9.32. The first-order valence-electron chi connectivity index (χ1n) is 11.9. The summed E-state index contributed by atoms with van der Waals surface area (Å²) >= 11 is 0. The fraction of sp³-hybridized carbons (Fsp3) is 0.708. The highest BCUT2D eigenvalue weighted by Crippen LogP contribution is 2.40. The SMILES string of the molecule is C#CCN1CCC([C@H](C)Nc2ncc3c(n2)N(C2CCCC2)[C@H](CC)C(=O)N3C)CC1. The van der Waals surface area contributed by atoms with Crippen molar-refractivity contribution >= 4 is 23.4 Å². The van der Waals surface area contributed by atoms with Crippen molar-refractivity contribution < 1.29 is 4.79 Å². The van der Waals surface area contributed by atoms with Gasteiger partial charge in [0.15, 0.2) is 5.82 Å². The minimum atomic E-state index is -0.138. The van der Waals surface area contributed by atoms with Crippen LogP contribution < -0.4 is 15.1 Å². The van der Waals surface area contributed by atoms with Crippen LogP contribution in [-0.4, -0.2) is 65.6 Å². The Morgan fingerprint density at radius 1 is 1.26 bits per heavy atom. The number of piperidine rings is 1. The minimum Gasteiger partial charge on any atom is -0.351 e. The Hall–Kier alpha value is -2.33. The van der Waals surface area contributed by atoms with Crippen LogP contribution >= 0.6 is 0 Å². The van der Waals surface area contributed by atoms with Gasteiger partial charge in [-0.1, -0.05) is 25.7 Å². The molecule has 1 aromatic heterocycles. The number of hydrogen-bond donors (Lipinski definition) is 1. The summed E-state index contributed by atoms with van der Waals surface area (Å²) in [5, 5.41) is 3.57. The molecule has 31 heavy (non-hydrogen) atoms. The quantitative estimate of drug-likeness (QED) is 0.708. The van der Waals surface area contributed by atoms with Crippen LogP contribution in [0, 0.1) is 18.3 Å². The van der Waals surface area contributed by atoms with Crippen molar-refractivity contribution in [2.24, 2.45) is 5.92 Å². The molecular weight excluding hydrogens is 388 g/mol. The summed E-state index contributed by atoms with van der Waals surface area (Å²) in [7, 11) is 1.85. The van der Waals surface area contributed by atoms with E-state index >= 15 is 0 Å². The average Bonchev–Trinajstić information content (AvgIpc) is 3.31. The van der Waals surface area contributed by atoms with Crippen molar-refractivity contribution in [3.8, 4) is 12.3 Å². The number of carbonyl (C=O) groups is 1. The van der Waals surface area contributed by atoms with E-state index in [1.807, 2.05) is 13.2 Å². The summed E-state index contributed by atoms with van der Waals surface area (Å²) in [6, 6.07) is 0.541. The first kappa shape index (κ1) is 21.9. The number of fused-ring (bicyclic) bond motifs is 1. The molecule has 0 spiro atoms. The van der Waals surface area contributed by atoms with Gasteiger partial charge >= 0.3 is 0 Å². The third-order valence-electron chi connectivity index (χ3n) is 7.42. The molecule has 0 unspecified atom stereocenters. The molecule has 1 amide bonds. The van der Waals surface area contributed by atoms with E-state index in [0.717, 1.165) is 63.2 Å². The second-order valence-electron chi connectivity index (χ2n) is 9.32. The molecule has 168 valence electrons. The molecular formula is C24H36N6O. The lowest BCUT2D eigenvalue weighted by molar-refractivity contribution is -0.120. The summed E-state index contributed by atoms with van der Waals surface area (Å²) in [6.45, 7) is 7.16. The molecule has 0 bridgehead atoms. The summed E-state index contributed by atoms with van der Waals surface area (Å²) in [5.41, 5.74) is 0.822. The topological polar surface area (TPSA) is 64.6 Å². The highest BCUT2D eigenvalue weighted by atomic mass is 16.2. The fourth-order valence-corrected chi connectivity index (χ4v) is 5.51. The number of likely N-dealkylation sites (tertiary alicyclic amines) is 1. The van der Waals surface area contributed by atoms with Gasteiger partial charge in [-0.05, 0) is 58.0 Å². The van der Waals surface area contributed by atoms with Crippen LogP contribution in [-0.2, 0) is 4.79 Å². The van der Waals surface area contributed by atoms with Crippen molar-refractivity contribution in [3.05, 3.63) is 6.20 Å². The molecule has 0 aromatic carbocycles. The van der Waals surface area contributed by atoms with Crippen LogP contribution in [0.5, 0.6) is 0 Å². The van der Waals surface area contributed by atoms with Crippen LogP contribution in [0.15, 0.2) is 6.20 Å². The van der Waals surface area contributed by atoms with E-state index in [4.69, 9.17) is 11.4 Å². The largest absolute Gasteiger partial charge is 0.351 e. The zero-order valence-electron chi connectivity index (χ0n) is 19.2. The van der Waals surface area contributed by atoms with Crippen molar-refractivity contribution in [2.45, 2.75) is 76.9 Å². The van der Waals surface area contributed by atoms with Crippen molar-refractivity contribution in [1.29, 1.82) is 0 Å². The minimum absolute atomic E-state index is 0.138. The zero-order valence-corrected chi connectivity index (χ0v) is 19.2. The van der Waals surface area contributed by atoms with Crippen LogP contribution in [0.4, 0.5) is 17.5 Å². The van der Waals surface area contributed by atoms with Gasteiger partial charge in [0.2, 0.25) is 11.9 Å². The Morgan fingerprint density at radius 3 is 2.61 bits per heavy atom. The van der Waals surface area contributed by atoms with Crippen LogP contribution in [0.25, 0.3) is 0 Å². The standard InChI is InChI=1S/C24H36N6O/c1-5-13-29-14-11-18(12-15-29)17(3)26-24-25-16-21-22(27-24)30(19-9-7-8-10-19)20(6-2)23(31)28(21)4/h1,16-20H,6-15H2,2-4H3,(H,25,26,27)/t17-,20+/m0/s1. The van der Waals surface area contributed by atoms with Gasteiger partial charge in [0.1, 0.15) is 11.7 Å². The number of terminal acetylenes is 1. The van der Waals surface area contributed by atoms with Gasteiger partial charge in [-0.15, -0.1) is 6.42 Å². The Balaban J connectivity index is 1.53. The number of carbonyl (C=O) groups excluding carboxylic acids is 1. The average molecular weight is 425 g/mol. The molecule has 2 atom stereocenters. The Bertz CT molecular complexity index is 822. The number of amides is 1. The van der Waals surface area contributed by atoms with Crippen LogP contribution in [0.3, 0.4) is 0 Å². The molecule has 0 radical (unpaired) electrons. The van der Waals surface area contributed by atoms with Crippen molar-refractivity contribution in [3.63, 3.8) is 0 Å². The predicted molar refractivity (Wildman–Crippen MR) is 125 cm³/mol. The second kappa shape index (κ2) is 9.44. The van der Waals surface area contributed by atoms with Crippen LogP contribution in [0.2, 0.25) is 0 Å². The van der Waals surface area contributed by atoms with E-state index in [-0.39, 0.29) is 18.0 Å². The molecule has 7 nitrogen and oxygen atoms in total. The maximum atomic E-state index is 13.0. The van der Waals surface area contributed by atoms with E-state index < -0.39 is 0 Å². The number of aromatic nitrogens is 2. The summed E-state index contributed by atoms with van der Waals surface area (Å²) in [5.74, 6) is 5.05. The Morgan fingerprint density at radius 2 is 1.97 bits per heavy atom. The molecule has 1 saturated carbocycles. The van der Waals surface area contributed by atoms with Gasteiger partial charge < -0.3 is 15.1 Å². The maximum Gasteiger partial charge on any atom is 0.249 e. The zero-order chi connectivity index (χ0) is 22.0. The number of nitrogens with zero attached hydrogens (tertiary/aromatic N) is 5. The van der Waals surface area contributed by atoms with E-state index in [2.05, 4.69) is 39.9 Å². The fourth-order valence-electron chi connectivity index (χ4n) is 5.51. The molecule has 3 heterocycles. The predicted octanol–water partition coefficient (Wildman–Crippen LogP) is 3.13. The molecule has 1 saturated heterocycles. The van der Waals surface area contributed by atoms with Gasteiger partial charge in [0.25, 0.3) is 0 Å². The molecule has 1 aliphatic carbocycles. The Labute approximate surface area is 186 Å². The maximum absolute atomic E-state index is 13.0. The number of nitrogens with one attached hydrogen (secondary N) is 1. The number of hydrogen-bond acceptors (Lipinski definition) is 6. The van der Waals surface area contributed by atoms with Gasteiger partial charge in [0.05, 0.1) is 12.7 Å². The van der Waals surface area contributed by atoms with E-state index in [0.29, 0.717) is 17.9 Å². The lowest BCUT2D eigenvalue weighted by atomic mass is 9.90. The molecule has 1 aromatic rings. The number of likely N-dealkylation sites (N-methyl/N-ethyl adjacent to an activating group) is 1.